The lowest BCUT2D eigenvalue weighted by Gasteiger charge is -2.35. The lowest BCUT2D eigenvalue weighted by molar-refractivity contribution is 0.278. The molecule has 1 fully saturated rings. The number of aromatic nitrogens is 4. The van der Waals surface area contributed by atoms with Gasteiger partial charge >= 0.3 is 0 Å². The van der Waals surface area contributed by atoms with Crippen molar-refractivity contribution >= 4 is 5.95 Å². The smallest absolute Gasteiger partial charge is 0.265 e. The summed E-state index contributed by atoms with van der Waals surface area (Å²) in [5.41, 5.74) is 0.472. The van der Waals surface area contributed by atoms with Crippen molar-refractivity contribution in [3.63, 3.8) is 0 Å². The van der Waals surface area contributed by atoms with Crippen molar-refractivity contribution in [1.29, 1.82) is 0 Å². The van der Waals surface area contributed by atoms with E-state index in [0.717, 1.165) is 19.0 Å². The molecule has 0 aliphatic carbocycles. The van der Waals surface area contributed by atoms with Gasteiger partial charge in [-0.25, -0.2) is 0 Å². The molecule has 0 aromatic carbocycles. The minimum Gasteiger partial charge on any atom is -0.338 e. The van der Waals surface area contributed by atoms with E-state index >= 15 is 0 Å². The zero-order valence-electron chi connectivity index (χ0n) is 8.12. The van der Waals surface area contributed by atoms with Gasteiger partial charge in [0.15, 0.2) is 0 Å². The third-order valence-corrected chi connectivity index (χ3v) is 2.73. The van der Waals surface area contributed by atoms with Crippen LogP contribution in [0.5, 0.6) is 0 Å². The second-order valence-electron chi connectivity index (χ2n) is 4.36. The highest BCUT2D eigenvalue weighted by atomic mass is 15.5. The van der Waals surface area contributed by atoms with Crippen LogP contribution in [0, 0.1) is 5.41 Å². The number of H-pyrrole nitrogens is 1. The number of piperidine rings is 1. The van der Waals surface area contributed by atoms with E-state index in [-0.39, 0.29) is 0 Å². The number of rotatable bonds is 1. The minimum absolute atomic E-state index is 0.472. The zero-order chi connectivity index (χ0) is 9.31. The van der Waals surface area contributed by atoms with E-state index in [2.05, 4.69) is 39.4 Å². The summed E-state index contributed by atoms with van der Waals surface area (Å²) < 4.78 is 0. The average molecular weight is 181 g/mol. The molecule has 1 aliphatic rings. The molecule has 13 heavy (non-hydrogen) atoms. The summed E-state index contributed by atoms with van der Waals surface area (Å²) >= 11 is 0. The molecule has 0 radical (unpaired) electrons. The summed E-state index contributed by atoms with van der Waals surface area (Å²) in [7, 11) is 0. The molecule has 2 rings (SSSR count). The summed E-state index contributed by atoms with van der Waals surface area (Å²) in [6, 6.07) is 0. The first-order valence-electron chi connectivity index (χ1n) is 4.66. The van der Waals surface area contributed by atoms with Gasteiger partial charge in [0, 0.05) is 13.1 Å². The molecule has 1 N–H and O–H groups in total. The van der Waals surface area contributed by atoms with Crippen LogP contribution in [0.15, 0.2) is 0 Å². The summed E-state index contributed by atoms with van der Waals surface area (Å²) in [4.78, 5) is 2.18. The molecule has 0 amide bonds. The molecular formula is C8H15N5. The Morgan fingerprint density at radius 2 is 2.00 bits per heavy atom. The molecule has 0 bridgehead atoms. The number of anilines is 1. The molecule has 1 aromatic rings. The molecule has 0 spiro atoms. The van der Waals surface area contributed by atoms with Gasteiger partial charge in [-0.05, 0) is 23.5 Å². The first kappa shape index (κ1) is 8.47. The quantitative estimate of drug-likeness (QED) is 0.697. The Hall–Kier alpha value is -1.13. The minimum atomic E-state index is 0.472. The fraction of sp³-hybridized carbons (Fsp3) is 0.875. The predicted octanol–water partition coefficient (Wildman–Crippen LogP) is 0.826. The van der Waals surface area contributed by atoms with E-state index in [1.807, 2.05) is 0 Å². The van der Waals surface area contributed by atoms with Gasteiger partial charge in [-0.1, -0.05) is 18.9 Å². The predicted molar refractivity (Wildman–Crippen MR) is 49.4 cm³/mol. The van der Waals surface area contributed by atoms with E-state index in [9.17, 15) is 0 Å². The fourth-order valence-corrected chi connectivity index (χ4v) is 1.60. The number of aromatic amines is 1. The van der Waals surface area contributed by atoms with Crippen LogP contribution in [0.25, 0.3) is 0 Å². The highest BCUT2D eigenvalue weighted by molar-refractivity contribution is 5.26. The van der Waals surface area contributed by atoms with Crippen LogP contribution >= 0.6 is 0 Å². The maximum atomic E-state index is 3.97. The van der Waals surface area contributed by atoms with E-state index in [1.54, 1.807) is 0 Å². The van der Waals surface area contributed by atoms with Crippen LogP contribution in [-0.4, -0.2) is 33.7 Å². The highest BCUT2D eigenvalue weighted by Crippen LogP contribution is 2.30. The lowest BCUT2D eigenvalue weighted by Crippen LogP contribution is -2.37. The van der Waals surface area contributed by atoms with Crippen LogP contribution in [0.1, 0.15) is 26.7 Å². The number of hydrogen-bond donors (Lipinski definition) is 1. The second-order valence-corrected chi connectivity index (χ2v) is 4.36. The summed E-state index contributed by atoms with van der Waals surface area (Å²) in [5.74, 6) is 0.732. The Morgan fingerprint density at radius 1 is 1.31 bits per heavy atom. The van der Waals surface area contributed by atoms with Gasteiger partial charge in [-0.15, -0.1) is 5.10 Å². The van der Waals surface area contributed by atoms with Crippen molar-refractivity contribution in [2.45, 2.75) is 26.7 Å². The van der Waals surface area contributed by atoms with Crippen molar-refractivity contribution in [2.24, 2.45) is 5.41 Å². The maximum absolute atomic E-state index is 3.97. The number of nitrogens with zero attached hydrogens (tertiary/aromatic N) is 4. The summed E-state index contributed by atoms with van der Waals surface area (Å²) in [6.07, 6.45) is 2.39. The largest absolute Gasteiger partial charge is 0.338 e. The van der Waals surface area contributed by atoms with Crippen LogP contribution in [0.3, 0.4) is 0 Å². The molecule has 72 valence electrons. The lowest BCUT2D eigenvalue weighted by atomic mass is 9.83. The Balaban J connectivity index is 1.99. The molecule has 1 aromatic heterocycles. The molecule has 0 unspecified atom stereocenters. The fourth-order valence-electron chi connectivity index (χ4n) is 1.60. The van der Waals surface area contributed by atoms with Crippen molar-refractivity contribution in [1.82, 2.24) is 20.6 Å². The Labute approximate surface area is 77.5 Å². The van der Waals surface area contributed by atoms with Gasteiger partial charge in [0.25, 0.3) is 5.95 Å². The maximum Gasteiger partial charge on any atom is 0.265 e. The number of tetrazole rings is 1. The topological polar surface area (TPSA) is 57.7 Å². The van der Waals surface area contributed by atoms with E-state index in [1.165, 1.54) is 12.8 Å². The van der Waals surface area contributed by atoms with Crippen molar-refractivity contribution in [3.8, 4) is 0 Å². The Bertz CT molecular complexity index is 256. The van der Waals surface area contributed by atoms with E-state index in [0.29, 0.717) is 5.41 Å². The molecule has 1 aliphatic heterocycles. The standard InChI is InChI=1S/C8H15N5/c1-8(2)3-5-13(6-4-8)7-9-11-12-10-7/h3-6H2,1-2H3,(H,9,10,11,12). The van der Waals surface area contributed by atoms with Gasteiger partial charge in [0.05, 0.1) is 0 Å². The first-order valence-corrected chi connectivity index (χ1v) is 4.66. The van der Waals surface area contributed by atoms with Crippen LogP contribution in [-0.2, 0) is 0 Å². The molecule has 5 heteroatoms. The van der Waals surface area contributed by atoms with Crippen LogP contribution in [0.2, 0.25) is 0 Å². The number of nitrogens with one attached hydrogen (secondary N) is 1. The third kappa shape index (κ3) is 1.79. The molecule has 0 atom stereocenters. The average Bonchev–Trinajstić information content (AvgIpc) is 2.56. The SMILES string of the molecule is CC1(C)CCN(c2nn[nH]n2)CC1. The summed E-state index contributed by atoms with van der Waals surface area (Å²) in [5, 5.41) is 14.0. The highest BCUT2D eigenvalue weighted by Gasteiger charge is 2.26. The van der Waals surface area contributed by atoms with Gasteiger partial charge in [0.1, 0.15) is 0 Å². The van der Waals surface area contributed by atoms with Crippen LogP contribution < -0.4 is 4.90 Å². The zero-order valence-corrected chi connectivity index (χ0v) is 8.12. The normalized spacial score (nSPS) is 21.8. The Kier molecular flexibility index (Phi) is 1.94. The molecule has 1 saturated heterocycles. The molecule has 2 heterocycles. The van der Waals surface area contributed by atoms with Gasteiger partial charge in [0.2, 0.25) is 0 Å². The van der Waals surface area contributed by atoms with E-state index < -0.39 is 0 Å². The third-order valence-electron chi connectivity index (χ3n) is 2.73. The second kappa shape index (κ2) is 2.97. The number of hydrogen-bond acceptors (Lipinski definition) is 4. The van der Waals surface area contributed by atoms with Gasteiger partial charge in [-0.2, -0.15) is 5.21 Å². The van der Waals surface area contributed by atoms with E-state index in [4.69, 9.17) is 0 Å². The molecule has 5 nitrogen and oxygen atoms in total. The van der Waals surface area contributed by atoms with Crippen LogP contribution in [0.4, 0.5) is 5.95 Å². The molecule has 0 saturated carbocycles. The van der Waals surface area contributed by atoms with Crippen molar-refractivity contribution in [2.75, 3.05) is 18.0 Å². The molecular weight excluding hydrogens is 166 g/mol. The summed E-state index contributed by atoms with van der Waals surface area (Å²) in [6.45, 7) is 6.68. The monoisotopic (exact) mass is 181 g/mol. The Morgan fingerprint density at radius 3 is 2.54 bits per heavy atom. The van der Waals surface area contributed by atoms with Gasteiger partial charge in [-0.3, -0.25) is 0 Å². The first-order chi connectivity index (χ1) is 6.17. The van der Waals surface area contributed by atoms with Crippen molar-refractivity contribution < 1.29 is 0 Å². The van der Waals surface area contributed by atoms with Crippen molar-refractivity contribution in [3.05, 3.63) is 0 Å². The van der Waals surface area contributed by atoms with Gasteiger partial charge < -0.3 is 4.90 Å².